The van der Waals surface area contributed by atoms with Gasteiger partial charge in [-0.1, -0.05) is 183 Å². The summed E-state index contributed by atoms with van der Waals surface area (Å²) in [6, 6.07) is 73.9. The molecular formula is C58H42N4. The van der Waals surface area contributed by atoms with Crippen LogP contribution in [0.25, 0.3) is 95.1 Å². The first-order chi connectivity index (χ1) is 30.6. The molecule has 8 aromatic carbocycles. The lowest BCUT2D eigenvalue weighted by Gasteiger charge is -2.12. The van der Waals surface area contributed by atoms with Gasteiger partial charge in [0.05, 0.1) is 11.0 Å². The van der Waals surface area contributed by atoms with Crippen LogP contribution < -0.4 is 0 Å². The van der Waals surface area contributed by atoms with E-state index in [4.69, 9.17) is 15.0 Å². The smallest absolute Gasteiger partial charge is 0.164 e. The first-order valence-electron chi connectivity index (χ1n) is 20.9. The van der Waals surface area contributed by atoms with Crippen LogP contribution in [0.2, 0.25) is 0 Å². The van der Waals surface area contributed by atoms with Crippen molar-refractivity contribution in [2.75, 3.05) is 0 Å². The minimum Gasteiger partial charge on any atom is -0.313 e. The van der Waals surface area contributed by atoms with E-state index in [2.05, 4.69) is 176 Å². The van der Waals surface area contributed by atoms with E-state index in [1.54, 1.807) is 0 Å². The van der Waals surface area contributed by atoms with Crippen LogP contribution >= 0.6 is 0 Å². The van der Waals surface area contributed by atoms with Gasteiger partial charge in [-0.15, -0.1) is 0 Å². The van der Waals surface area contributed by atoms with E-state index in [9.17, 15) is 0 Å². The molecular weight excluding hydrogens is 753 g/mol. The first-order valence-corrected chi connectivity index (χ1v) is 20.9. The second kappa shape index (κ2) is 16.8. The number of hydrogen-bond acceptors (Lipinski definition) is 3. The molecule has 0 aliphatic rings. The Morgan fingerprint density at radius 2 is 0.790 bits per heavy atom. The van der Waals surface area contributed by atoms with Crippen molar-refractivity contribution in [1.29, 1.82) is 0 Å². The average molecular weight is 795 g/mol. The number of nitrogens with zero attached hydrogens (tertiary/aromatic N) is 4. The standard InChI is InChI=1S/C58H42N4/c1-40(42-19-8-3-9-20-42)35-51(44-23-12-5-13-24-44)36-41(2)62-54-33-31-49(48-30-18-29-47(37-48)43-21-10-4-11-22-43)38-52(54)53-39-50(32-34-55(53)62)58-60-56(45-25-14-6-15-26-45)59-57(61-58)46-27-16-7-17-28-46/h3-39H,1H2,2H3/b41-36+,51-35+. The van der Waals surface area contributed by atoms with E-state index < -0.39 is 0 Å². The van der Waals surface area contributed by atoms with Crippen molar-refractivity contribution in [2.45, 2.75) is 6.92 Å². The molecule has 10 rings (SSSR count). The van der Waals surface area contributed by atoms with Crippen molar-refractivity contribution in [3.05, 3.63) is 242 Å². The van der Waals surface area contributed by atoms with Crippen molar-refractivity contribution < 1.29 is 0 Å². The van der Waals surface area contributed by atoms with Crippen molar-refractivity contribution in [3.63, 3.8) is 0 Å². The van der Waals surface area contributed by atoms with E-state index in [1.165, 1.54) is 11.1 Å². The predicted molar refractivity (Wildman–Crippen MR) is 260 cm³/mol. The number of aromatic nitrogens is 4. The maximum atomic E-state index is 5.10. The van der Waals surface area contributed by atoms with E-state index in [0.717, 1.165) is 77.6 Å². The minimum atomic E-state index is 0.619. The van der Waals surface area contributed by atoms with Gasteiger partial charge in [-0.2, -0.15) is 0 Å². The number of benzene rings is 8. The van der Waals surface area contributed by atoms with Gasteiger partial charge >= 0.3 is 0 Å². The molecule has 0 fully saturated rings. The Labute approximate surface area is 362 Å². The predicted octanol–water partition coefficient (Wildman–Crippen LogP) is 15.0. The molecule has 0 aliphatic heterocycles. The number of rotatable bonds is 10. The fourth-order valence-electron chi connectivity index (χ4n) is 8.22. The quantitative estimate of drug-likeness (QED) is 0.130. The molecule has 0 saturated carbocycles. The molecule has 0 radical (unpaired) electrons. The second-order valence-corrected chi connectivity index (χ2v) is 15.4. The van der Waals surface area contributed by atoms with E-state index in [0.29, 0.717) is 17.5 Å². The zero-order valence-corrected chi connectivity index (χ0v) is 34.4. The van der Waals surface area contributed by atoms with Crippen molar-refractivity contribution >= 4 is 38.6 Å². The van der Waals surface area contributed by atoms with Crippen LogP contribution in [0.4, 0.5) is 0 Å². The van der Waals surface area contributed by atoms with Crippen molar-refractivity contribution in [3.8, 4) is 56.4 Å². The van der Waals surface area contributed by atoms with E-state index >= 15 is 0 Å². The largest absolute Gasteiger partial charge is 0.313 e. The summed E-state index contributed by atoms with van der Waals surface area (Å²) in [6.45, 7) is 6.68. The van der Waals surface area contributed by atoms with Gasteiger partial charge in [-0.3, -0.25) is 0 Å². The average Bonchev–Trinajstić information content (AvgIpc) is 3.68. The number of hydrogen-bond donors (Lipinski definition) is 0. The van der Waals surface area contributed by atoms with Gasteiger partial charge in [0.2, 0.25) is 0 Å². The van der Waals surface area contributed by atoms with Crippen LogP contribution in [0, 0.1) is 0 Å². The third-order valence-electron chi connectivity index (χ3n) is 11.3. The number of allylic oxidation sites excluding steroid dienone is 5. The fraction of sp³-hybridized carbons (Fsp3) is 0.0172. The fourth-order valence-corrected chi connectivity index (χ4v) is 8.22. The molecule has 0 spiro atoms. The third kappa shape index (κ3) is 7.69. The van der Waals surface area contributed by atoms with Crippen LogP contribution in [0.15, 0.2) is 231 Å². The van der Waals surface area contributed by atoms with Crippen LogP contribution in [-0.4, -0.2) is 19.5 Å². The topological polar surface area (TPSA) is 43.6 Å². The number of fused-ring (bicyclic) bond motifs is 3. The molecule has 0 amide bonds. The summed E-state index contributed by atoms with van der Waals surface area (Å²) in [4.78, 5) is 15.2. The Morgan fingerprint density at radius 1 is 0.387 bits per heavy atom. The van der Waals surface area contributed by atoms with Crippen molar-refractivity contribution in [1.82, 2.24) is 19.5 Å². The monoisotopic (exact) mass is 794 g/mol. The molecule has 4 nitrogen and oxygen atoms in total. The highest BCUT2D eigenvalue weighted by atomic mass is 15.0. The lowest BCUT2D eigenvalue weighted by Crippen LogP contribution is -2.00. The summed E-state index contributed by atoms with van der Waals surface area (Å²) < 4.78 is 2.37. The lowest BCUT2D eigenvalue weighted by atomic mass is 9.98. The van der Waals surface area contributed by atoms with Gasteiger partial charge < -0.3 is 4.57 Å². The van der Waals surface area contributed by atoms with Crippen LogP contribution in [0.3, 0.4) is 0 Å². The highest BCUT2D eigenvalue weighted by Crippen LogP contribution is 2.38. The van der Waals surface area contributed by atoms with Gasteiger partial charge in [-0.05, 0) is 100 Å². The minimum absolute atomic E-state index is 0.619. The SMILES string of the molecule is C=C(/C=C(\C=C(/C)n1c2ccc(-c3cccc(-c4ccccc4)c3)cc2c2cc(-c3nc(-c4ccccc4)nc(-c4ccccc4)n3)ccc21)c1ccccc1)c1ccccc1. The summed E-state index contributed by atoms with van der Waals surface area (Å²) in [5, 5.41) is 2.24. The van der Waals surface area contributed by atoms with Gasteiger partial charge in [0.15, 0.2) is 17.5 Å². The molecule has 0 unspecified atom stereocenters. The Hall–Kier alpha value is -8.21. The Balaban J connectivity index is 1.17. The van der Waals surface area contributed by atoms with E-state index in [1.807, 2.05) is 66.7 Å². The maximum absolute atomic E-state index is 5.10. The normalized spacial score (nSPS) is 11.9. The lowest BCUT2D eigenvalue weighted by molar-refractivity contribution is 1.07. The van der Waals surface area contributed by atoms with Crippen LogP contribution in [0.5, 0.6) is 0 Å². The van der Waals surface area contributed by atoms with Gasteiger partial charge in [0.25, 0.3) is 0 Å². The summed E-state index contributed by atoms with van der Waals surface area (Å²) in [7, 11) is 0. The maximum Gasteiger partial charge on any atom is 0.164 e. The zero-order chi connectivity index (χ0) is 41.8. The molecule has 4 heteroatoms. The van der Waals surface area contributed by atoms with E-state index in [-0.39, 0.29) is 0 Å². The molecule has 2 aromatic heterocycles. The van der Waals surface area contributed by atoms with Crippen LogP contribution in [0.1, 0.15) is 18.1 Å². The molecule has 0 saturated heterocycles. The second-order valence-electron chi connectivity index (χ2n) is 15.4. The zero-order valence-electron chi connectivity index (χ0n) is 34.4. The van der Waals surface area contributed by atoms with Crippen molar-refractivity contribution in [2.24, 2.45) is 0 Å². The Kier molecular flexibility index (Phi) is 10.3. The molecule has 0 aliphatic carbocycles. The van der Waals surface area contributed by atoms with Gasteiger partial charge in [0, 0.05) is 33.2 Å². The summed E-state index contributed by atoms with van der Waals surface area (Å²) >= 11 is 0. The van der Waals surface area contributed by atoms with Crippen LogP contribution in [-0.2, 0) is 0 Å². The Morgan fingerprint density at radius 3 is 1.34 bits per heavy atom. The molecule has 2 heterocycles. The molecule has 10 aromatic rings. The summed E-state index contributed by atoms with van der Waals surface area (Å²) in [5.74, 6) is 1.88. The molecule has 0 bridgehead atoms. The molecule has 62 heavy (non-hydrogen) atoms. The molecule has 0 atom stereocenters. The summed E-state index contributed by atoms with van der Waals surface area (Å²) in [6.07, 6.45) is 4.46. The van der Waals surface area contributed by atoms with Gasteiger partial charge in [0.1, 0.15) is 0 Å². The highest BCUT2D eigenvalue weighted by Gasteiger charge is 2.18. The highest BCUT2D eigenvalue weighted by molar-refractivity contribution is 6.12. The summed E-state index contributed by atoms with van der Waals surface area (Å²) in [5.41, 5.74) is 15.0. The first kappa shape index (κ1) is 38.0. The molecule has 0 N–H and O–H groups in total. The third-order valence-corrected chi connectivity index (χ3v) is 11.3. The molecule has 294 valence electrons. The Bertz CT molecular complexity index is 3220. The van der Waals surface area contributed by atoms with Gasteiger partial charge in [-0.25, -0.2) is 15.0 Å².